The van der Waals surface area contributed by atoms with E-state index in [0.29, 0.717) is 30.9 Å². The molecular weight excluding hydrogens is 630 g/mol. The van der Waals surface area contributed by atoms with Crippen LogP contribution in [-0.4, -0.2) is 123 Å². The minimum atomic E-state index is -2.23. The first kappa shape index (κ1) is 33.6. The van der Waals surface area contributed by atoms with Crippen molar-refractivity contribution in [2.75, 3.05) is 20.7 Å². The number of rotatable bonds is 13. The third-order valence-corrected chi connectivity index (χ3v) is 9.22. The normalized spacial score (nSPS) is 27.1. The van der Waals surface area contributed by atoms with Gasteiger partial charge in [-0.2, -0.15) is 0 Å². The van der Waals surface area contributed by atoms with Gasteiger partial charge < -0.3 is 54.1 Å². The molecule has 2 aliphatic carbocycles. The molecule has 1 aromatic carbocycles. The van der Waals surface area contributed by atoms with Gasteiger partial charge in [0.25, 0.3) is 0 Å². The van der Waals surface area contributed by atoms with Crippen molar-refractivity contribution >= 4 is 35.8 Å². The number of carbonyl (C=O) groups excluding carboxylic acids is 3. The van der Waals surface area contributed by atoms with Crippen LogP contribution in [0.3, 0.4) is 0 Å². The van der Waals surface area contributed by atoms with E-state index in [1.54, 1.807) is 6.07 Å². The lowest BCUT2D eigenvalue weighted by Gasteiger charge is -2.61. The summed E-state index contributed by atoms with van der Waals surface area (Å²) < 4.78 is 27.2. The summed E-state index contributed by atoms with van der Waals surface area (Å²) in [5, 5.41) is 48.9. The van der Waals surface area contributed by atoms with Crippen molar-refractivity contribution in [2.45, 2.75) is 80.0 Å². The summed E-state index contributed by atoms with van der Waals surface area (Å²) in [6, 6.07) is 3.36. The minimum Gasteiger partial charge on any atom is -0.493 e. The molecule has 5 N–H and O–H groups in total. The highest BCUT2D eigenvalue weighted by Gasteiger charge is 2.72. The Morgan fingerprint density at radius 2 is 1.72 bits per heavy atom. The smallest absolute Gasteiger partial charge is 0.348 e. The molecule has 2 aliphatic heterocycles. The van der Waals surface area contributed by atoms with Crippen LogP contribution in [0.15, 0.2) is 24.0 Å². The first-order valence-electron chi connectivity index (χ1n) is 14.6. The number of piperidine rings is 1. The largest absolute Gasteiger partial charge is 0.493 e. The molecule has 0 radical (unpaired) electrons. The maximum atomic E-state index is 13.3. The zero-order valence-electron chi connectivity index (χ0n) is 25.2. The number of esters is 3. The topological polar surface area (TPSA) is 253 Å². The van der Waals surface area contributed by atoms with Crippen molar-refractivity contribution in [2.24, 2.45) is 0 Å². The van der Waals surface area contributed by atoms with E-state index in [1.807, 2.05) is 13.1 Å². The van der Waals surface area contributed by atoms with Crippen LogP contribution in [0.25, 0.3) is 0 Å². The summed E-state index contributed by atoms with van der Waals surface area (Å²) in [4.78, 5) is 74.1. The Hall–Kier alpha value is -4.74. The van der Waals surface area contributed by atoms with E-state index >= 15 is 0 Å². The van der Waals surface area contributed by atoms with Gasteiger partial charge in [0.05, 0.1) is 37.4 Å². The molecular formula is C30H33NO16. The third kappa shape index (κ3) is 5.74. The van der Waals surface area contributed by atoms with Gasteiger partial charge in [-0.3, -0.25) is 14.4 Å². The zero-order valence-corrected chi connectivity index (χ0v) is 25.2. The van der Waals surface area contributed by atoms with Gasteiger partial charge in [-0.25, -0.2) is 14.4 Å². The number of methoxy groups -OCH3 is 1. The molecule has 0 aromatic heterocycles. The molecule has 17 heteroatoms. The van der Waals surface area contributed by atoms with Crippen LogP contribution in [-0.2, 0) is 54.8 Å². The van der Waals surface area contributed by atoms with Crippen molar-refractivity contribution in [1.29, 1.82) is 0 Å². The summed E-state index contributed by atoms with van der Waals surface area (Å²) in [7, 11) is 3.38. The van der Waals surface area contributed by atoms with Crippen LogP contribution in [0.1, 0.15) is 43.2 Å². The van der Waals surface area contributed by atoms with E-state index in [2.05, 4.69) is 4.90 Å². The molecule has 1 saturated heterocycles. The standard InChI is InChI=1S/C30H33NO16/c1-31-8-7-29-23-13-3-4-15(43-2)24(23)47-25(29)16(5-6-30(29,42)19(31)9-13)44-22(36)12-18(45-21(35)10-14(32)26(37)38)28(41)46-17(27(39)40)11-20(33)34/h3-5,14,17-19,25,32,42H,6-12H2,1-2H3,(H,33,34)(H,37,38)(H,39,40)/t14-,17+,18-,19+,25-,29-,30+/m0/s1. The highest BCUT2D eigenvalue weighted by atomic mass is 16.6. The number of hydrogen-bond donors (Lipinski definition) is 5. The van der Waals surface area contributed by atoms with E-state index in [-0.39, 0.29) is 18.2 Å². The second-order valence-electron chi connectivity index (χ2n) is 11.9. The van der Waals surface area contributed by atoms with Gasteiger partial charge in [0.1, 0.15) is 5.76 Å². The molecule has 0 saturated carbocycles. The molecule has 47 heavy (non-hydrogen) atoms. The molecule has 0 amide bonds. The Morgan fingerprint density at radius 3 is 2.36 bits per heavy atom. The van der Waals surface area contributed by atoms with Crippen LogP contribution in [0.5, 0.6) is 11.5 Å². The molecule has 7 atom stereocenters. The highest BCUT2D eigenvalue weighted by molar-refractivity contribution is 5.88. The Kier molecular flexibility index (Phi) is 8.91. The number of aliphatic carboxylic acids is 3. The van der Waals surface area contributed by atoms with Gasteiger partial charge in [-0.15, -0.1) is 0 Å². The van der Waals surface area contributed by atoms with Gasteiger partial charge in [-0.1, -0.05) is 6.07 Å². The van der Waals surface area contributed by atoms with Crippen molar-refractivity contribution in [1.82, 2.24) is 4.90 Å². The van der Waals surface area contributed by atoms with Crippen LogP contribution in [0, 0.1) is 0 Å². The maximum absolute atomic E-state index is 13.3. The van der Waals surface area contributed by atoms with Crippen molar-refractivity contribution in [3.05, 3.63) is 35.1 Å². The maximum Gasteiger partial charge on any atom is 0.348 e. The van der Waals surface area contributed by atoms with E-state index < -0.39 is 90.5 Å². The lowest BCUT2D eigenvalue weighted by atomic mass is 9.50. The fourth-order valence-corrected chi connectivity index (χ4v) is 7.09. The number of carbonyl (C=O) groups is 6. The Morgan fingerprint density at radius 1 is 1.00 bits per heavy atom. The predicted molar refractivity (Wildman–Crippen MR) is 150 cm³/mol. The number of nitrogens with zero attached hydrogens (tertiary/aromatic N) is 1. The highest BCUT2D eigenvalue weighted by Crippen LogP contribution is 2.65. The summed E-state index contributed by atoms with van der Waals surface area (Å²) in [6.07, 6.45) is -8.58. The number of likely N-dealkylation sites (tertiary alicyclic amines) is 1. The lowest BCUT2D eigenvalue weighted by Crippen LogP contribution is -2.74. The number of aliphatic hydroxyl groups is 2. The van der Waals surface area contributed by atoms with Gasteiger partial charge in [0.15, 0.2) is 23.7 Å². The fraction of sp³-hybridized carbons (Fsp3) is 0.533. The van der Waals surface area contributed by atoms with E-state index in [9.17, 15) is 44.1 Å². The second-order valence-corrected chi connectivity index (χ2v) is 11.9. The number of aliphatic hydroxyl groups excluding tert-OH is 1. The summed E-state index contributed by atoms with van der Waals surface area (Å²) >= 11 is 0. The Balaban J connectivity index is 1.41. The average molecular weight is 664 g/mol. The van der Waals surface area contributed by atoms with E-state index in [1.165, 1.54) is 13.2 Å². The molecule has 17 nitrogen and oxygen atoms in total. The summed E-state index contributed by atoms with van der Waals surface area (Å²) in [6.45, 7) is 0.581. The van der Waals surface area contributed by atoms with Crippen molar-refractivity contribution in [3.63, 3.8) is 0 Å². The van der Waals surface area contributed by atoms with Gasteiger partial charge in [-0.05, 0) is 44.1 Å². The molecule has 5 rings (SSSR count). The van der Waals surface area contributed by atoms with Crippen molar-refractivity contribution in [3.8, 4) is 11.5 Å². The predicted octanol–water partition coefficient (Wildman–Crippen LogP) is -0.875. The van der Waals surface area contributed by atoms with Crippen LogP contribution >= 0.6 is 0 Å². The Bertz CT molecular complexity index is 1550. The van der Waals surface area contributed by atoms with Gasteiger partial charge >= 0.3 is 35.8 Å². The average Bonchev–Trinajstić information content (AvgIpc) is 3.35. The third-order valence-electron chi connectivity index (χ3n) is 9.22. The minimum absolute atomic E-state index is 0.0110. The number of carboxylic acids is 3. The molecule has 1 fully saturated rings. The Labute approximate surface area is 266 Å². The van der Waals surface area contributed by atoms with E-state index in [4.69, 9.17) is 33.9 Å². The van der Waals surface area contributed by atoms with Crippen molar-refractivity contribution < 1.29 is 78.0 Å². The molecule has 4 aliphatic rings. The molecule has 254 valence electrons. The number of hydrogen-bond acceptors (Lipinski definition) is 14. The number of ether oxygens (including phenoxy) is 5. The monoisotopic (exact) mass is 663 g/mol. The first-order chi connectivity index (χ1) is 22.1. The summed E-state index contributed by atoms with van der Waals surface area (Å²) in [5.74, 6) is -8.76. The number of likely N-dealkylation sites (N-methyl/N-ethyl adjacent to an activating group) is 1. The molecule has 2 bridgehead atoms. The number of carboxylic acid groups (broad SMARTS) is 3. The van der Waals surface area contributed by atoms with Crippen LogP contribution in [0.4, 0.5) is 0 Å². The first-order valence-corrected chi connectivity index (χ1v) is 14.6. The molecule has 2 heterocycles. The van der Waals surface area contributed by atoms with Gasteiger partial charge in [0, 0.05) is 18.0 Å². The second kappa shape index (κ2) is 12.5. The molecule has 0 unspecified atom stereocenters. The SMILES string of the molecule is COc1ccc2c3c1O[C@H]1C(OC(=O)C[C@H](OC(=O)C[C@H](O)C(=O)O)C(=O)O[C@H](CC(=O)O)C(=O)O)=CC[C@@]4(O)[C@@H](C2)N(C)CC[C@]314. The molecule has 1 aromatic rings. The number of benzene rings is 1. The summed E-state index contributed by atoms with van der Waals surface area (Å²) in [5.41, 5.74) is -0.686. The zero-order chi connectivity index (χ0) is 34.4. The van der Waals surface area contributed by atoms with E-state index in [0.717, 1.165) is 11.1 Å². The van der Waals surface area contributed by atoms with Crippen LogP contribution < -0.4 is 9.47 Å². The quantitative estimate of drug-likeness (QED) is 0.127. The molecule has 1 spiro atoms. The van der Waals surface area contributed by atoms with Crippen LogP contribution in [0.2, 0.25) is 0 Å². The lowest BCUT2D eigenvalue weighted by molar-refractivity contribution is -0.182. The fourth-order valence-electron chi connectivity index (χ4n) is 7.09. The van der Waals surface area contributed by atoms with Gasteiger partial charge in [0.2, 0.25) is 12.2 Å².